The maximum atomic E-state index is 12.0. The lowest BCUT2D eigenvalue weighted by Crippen LogP contribution is -2.04. The molecule has 0 aliphatic heterocycles. The third-order valence-corrected chi connectivity index (χ3v) is 1.35. The van der Waals surface area contributed by atoms with Gasteiger partial charge in [-0.2, -0.15) is 13.2 Å². The summed E-state index contributed by atoms with van der Waals surface area (Å²) in [6.07, 6.45) is -4.22. The fourth-order valence-electron chi connectivity index (χ4n) is 0.821. The van der Waals surface area contributed by atoms with Gasteiger partial charge >= 0.3 is 6.18 Å². The average Bonchev–Trinajstić information content (AvgIpc) is 2.06. The first-order chi connectivity index (χ1) is 6.00. The Morgan fingerprint density at radius 1 is 1.15 bits per heavy atom. The largest absolute Gasteiger partial charge is 0.416 e. The van der Waals surface area contributed by atoms with E-state index in [0.717, 1.165) is 12.1 Å². The molecule has 0 radical (unpaired) electrons. The molecule has 2 N–H and O–H groups in total. The van der Waals surface area contributed by atoms with E-state index in [1.54, 1.807) is 13.0 Å². The molecule has 0 saturated heterocycles. The van der Waals surface area contributed by atoms with E-state index in [0.29, 0.717) is 5.56 Å². The second-order valence-corrected chi connectivity index (χ2v) is 2.37. The van der Waals surface area contributed by atoms with Gasteiger partial charge < -0.3 is 5.73 Å². The molecule has 0 saturated carbocycles. The lowest BCUT2D eigenvalue weighted by molar-refractivity contribution is -0.137. The van der Waals surface area contributed by atoms with Gasteiger partial charge in [-0.1, -0.05) is 23.8 Å². The van der Waals surface area contributed by atoms with Gasteiger partial charge in [-0.25, -0.2) is 0 Å². The van der Waals surface area contributed by atoms with E-state index < -0.39 is 11.7 Å². The summed E-state index contributed by atoms with van der Waals surface area (Å²) >= 11 is 0. The molecule has 0 heterocycles. The Morgan fingerprint density at radius 2 is 1.69 bits per heavy atom. The predicted octanol–water partition coefficient (Wildman–Crippen LogP) is 2.59. The summed E-state index contributed by atoms with van der Waals surface area (Å²) in [6.45, 7) is 1.63. The molecule has 0 aliphatic rings. The molecule has 1 aromatic rings. The number of alkyl halides is 3. The number of hydrogen-bond acceptors (Lipinski definition) is 1. The van der Waals surface area contributed by atoms with E-state index in [9.17, 15) is 13.2 Å². The number of nitrogens with two attached hydrogens (primary N) is 1. The van der Waals surface area contributed by atoms with Crippen LogP contribution >= 0.6 is 0 Å². The zero-order valence-corrected chi connectivity index (χ0v) is 7.52. The van der Waals surface area contributed by atoms with Crippen molar-refractivity contribution >= 4 is 0 Å². The highest BCUT2D eigenvalue weighted by Gasteiger charge is 2.29. The Kier molecular flexibility index (Phi) is 4.48. The highest BCUT2D eigenvalue weighted by atomic mass is 19.4. The molecule has 0 spiro atoms. The van der Waals surface area contributed by atoms with Crippen LogP contribution in [0.3, 0.4) is 0 Å². The summed E-state index contributed by atoms with van der Waals surface area (Å²) in [4.78, 5) is 0. The van der Waals surface area contributed by atoms with E-state index in [1.807, 2.05) is 0 Å². The lowest BCUT2D eigenvalue weighted by Gasteiger charge is -2.05. The first-order valence-electron chi connectivity index (χ1n) is 3.72. The van der Waals surface area contributed by atoms with Gasteiger partial charge in [-0.15, -0.1) is 0 Å². The maximum absolute atomic E-state index is 12.0. The number of aryl methyl sites for hydroxylation is 1. The Bertz CT molecular complexity index is 255. The Balaban J connectivity index is 0.000000671. The van der Waals surface area contributed by atoms with Crippen molar-refractivity contribution in [2.45, 2.75) is 13.1 Å². The molecule has 0 atom stereocenters. The number of hydrogen-bond donors (Lipinski definition) is 1. The Labute approximate surface area is 75.4 Å². The summed E-state index contributed by atoms with van der Waals surface area (Å²) in [6, 6.07) is 5.22. The lowest BCUT2D eigenvalue weighted by atomic mass is 10.1. The molecule has 1 aromatic carbocycles. The van der Waals surface area contributed by atoms with Crippen LogP contribution in [0.5, 0.6) is 0 Å². The van der Waals surface area contributed by atoms with E-state index in [2.05, 4.69) is 5.73 Å². The van der Waals surface area contributed by atoms with Gasteiger partial charge in [0.15, 0.2) is 0 Å². The zero-order valence-electron chi connectivity index (χ0n) is 7.52. The van der Waals surface area contributed by atoms with Crippen LogP contribution in [0.4, 0.5) is 13.2 Å². The Hall–Kier alpha value is -1.03. The molecule has 1 rings (SSSR count). The van der Waals surface area contributed by atoms with Crippen LogP contribution in [0.25, 0.3) is 0 Å². The van der Waals surface area contributed by atoms with Crippen LogP contribution in [0.2, 0.25) is 0 Å². The minimum atomic E-state index is -4.22. The van der Waals surface area contributed by atoms with E-state index in [1.165, 1.54) is 13.1 Å². The molecule has 0 aromatic heterocycles. The molecule has 0 amide bonds. The highest BCUT2D eigenvalue weighted by Crippen LogP contribution is 2.29. The molecule has 0 aliphatic carbocycles. The molecular formula is C9H12F3N. The third-order valence-electron chi connectivity index (χ3n) is 1.35. The fraction of sp³-hybridized carbons (Fsp3) is 0.333. The van der Waals surface area contributed by atoms with Crippen molar-refractivity contribution in [3.63, 3.8) is 0 Å². The first kappa shape index (κ1) is 12.0. The third kappa shape index (κ3) is 3.94. The highest BCUT2D eigenvalue weighted by molar-refractivity contribution is 5.24. The first-order valence-corrected chi connectivity index (χ1v) is 3.72. The van der Waals surface area contributed by atoms with Gasteiger partial charge in [-0.05, 0) is 20.0 Å². The SMILES string of the molecule is CN.Cc1cccc(C(F)(F)F)c1. The molecule has 13 heavy (non-hydrogen) atoms. The van der Waals surface area contributed by atoms with Crippen molar-refractivity contribution in [2.75, 3.05) is 7.05 Å². The van der Waals surface area contributed by atoms with Gasteiger partial charge in [-0.3, -0.25) is 0 Å². The van der Waals surface area contributed by atoms with Gasteiger partial charge in [0.1, 0.15) is 0 Å². The quantitative estimate of drug-likeness (QED) is 0.670. The van der Waals surface area contributed by atoms with Crippen LogP contribution in [-0.2, 0) is 6.18 Å². The molecule has 0 fully saturated rings. The summed E-state index contributed by atoms with van der Waals surface area (Å²) in [5.41, 5.74) is 4.54. The van der Waals surface area contributed by atoms with Crippen LogP contribution in [-0.4, -0.2) is 7.05 Å². The normalized spacial score (nSPS) is 10.3. The van der Waals surface area contributed by atoms with Crippen LogP contribution in [0.15, 0.2) is 24.3 Å². The number of rotatable bonds is 0. The van der Waals surface area contributed by atoms with E-state index >= 15 is 0 Å². The van der Waals surface area contributed by atoms with E-state index in [4.69, 9.17) is 0 Å². The summed E-state index contributed by atoms with van der Waals surface area (Å²) in [5, 5.41) is 0. The summed E-state index contributed by atoms with van der Waals surface area (Å²) in [7, 11) is 1.50. The minimum absolute atomic E-state index is 0.586. The van der Waals surface area contributed by atoms with Gasteiger partial charge in [0.05, 0.1) is 5.56 Å². The van der Waals surface area contributed by atoms with Crippen molar-refractivity contribution < 1.29 is 13.2 Å². The molecular weight excluding hydrogens is 179 g/mol. The standard InChI is InChI=1S/C8H7F3.CH5N/c1-6-3-2-4-7(5-6)8(9,10)11;1-2/h2-5H,1H3;2H2,1H3. The van der Waals surface area contributed by atoms with Gasteiger partial charge in [0.2, 0.25) is 0 Å². The maximum Gasteiger partial charge on any atom is 0.416 e. The van der Waals surface area contributed by atoms with E-state index in [-0.39, 0.29) is 0 Å². The predicted molar refractivity (Wildman–Crippen MR) is 46.3 cm³/mol. The second kappa shape index (κ2) is 4.87. The molecule has 74 valence electrons. The molecule has 0 bridgehead atoms. The fourth-order valence-corrected chi connectivity index (χ4v) is 0.821. The van der Waals surface area contributed by atoms with Crippen LogP contribution in [0.1, 0.15) is 11.1 Å². The monoisotopic (exact) mass is 191 g/mol. The van der Waals surface area contributed by atoms with Gasteiger partial charge in [0, 0.05) is 0 Å². The van der Waals surface area contributed by atoms with Crippen molar-refractivity contribution in [3.8, 4) is 0 Å². The molecule has 4 heteroatoms. The molecule has 1 nitrogen and oxygen atoms in total. The van der Waals surface area contributed by atoms with Crippen molar-refractivity contribution in [2.24, 2.45) is 5.73 Å². The topological polar surface area (TPSA) is 26.0 Å². The second-order valence-electron chi connectivity index (χ2n) is 2.37. The van der Waals surface area contributed by atoms with Crippen LogP contribution < -0.4 is 5.73 Å². The zero-order chi connectivity index (χ0) is 10.5. The minimum Gasteiger partial charge on any atom is -0.333 e. The smallest absolute Gasteiger partial charge is 0.333 e. The average molecular weight is 191 g/mol. The summed E-state index contributed by atoms with van der Waals surface area (Å²) in [5.74, 6) is 0. The van der Waals surface area contributed by atoms with Crippen molar-refractivity contribution in [1.82, 2.24) is 0 Å². The van der Waals surface area contributed by atoms with Crippen molar-refractivity contribution in [1.29, 1.82) is 0 Å². The molecule has 0 unspecified atom stereocenters. The van der Waals surface area contributed by atoms with Crippen LogP contribution in [0, 0.1) is 6.92 Å². The van der Waals surface area contributed by atoms with Crippen molar-refractivity contribution in [3.05, 3.63) is 35.4 Å². The van der Waals surface area contributed by atoms with Gasteiger partial charge in [0.25, 0.3) is 0 Å². The number of benzene rings is 1. The number of halogens is 3. The Morgan fingerprint density at radius 3 is 2.00 bits per heavy atom. The summed E-state index contributed by atoms with van der Waals surface area (Å²) < 4.78 is 35.9.